The van der Waals surface area contributed by atoms with Crippen LogP contribution in [0.2, 0.25) is 0 Å². The zero-order chi connectivity index (χ0) is 17.9. The lowest BCUT2D eigenvalue weighted by Gasteiger charge is -2.34. The van der Waals surface area contributed by atoms with E-state index in [1.54, 1.807) is 11.3 Å². The first-order valence-electron chi connectivity index (χ1n) is 8.68. The van der Waals surface area contributed by atoms with Crippen molar-refractivity contribution in [3.05, 3.63) is 75.2 Å². The molecule has 3 heterocycles. The Morgan fingerprint density at radius 1 is 0.962 bits per heavy atom. The van der Waals surface area contributed by atoms with Gasteiger partial charge in [-0.05, 0) is 64.5 Å². The van der Waals surface area contributed by atoms with Crippen LogP contribution in [0.25, 0.3) is 5.69 Å². The summed E-state index contributed by atoms with van der Waals surface area (Å²) in [5.74, 6) is 0.127. The van der Waals surface area contributed by atoms with Crippen LogP contribution in [0.4, 0.5) is 0 Å². The zero-order valence-corrected chi connectivity index (χ0v) is 16.7. The highest BCUT2D eigenvalue weighted by atomic mass is 79.9. The van der Waals surface area contributed by atoms with Crippen LogP contribution in [0.15, 0.2) is 64.7 Å². The molecule has 3 aromatic rings. The fraction of sp³-hybridized carbons (Fsp3) is 0.250. The molecule has 134 valence electrons. The third kappa shape index (κ3) is 3.92. The smallest absolute Gasteiger partial charge is 0.253 e. The molecule has 1 fully saturated rings. The van der Waals surface area contributed by atoms with Crippen LogP contribution in [-0.4, -0.2) is 46.5 Å². The average Bonchev–Trinajstić information content (AvgIpc) is 3.34. The Hall–Kier alpha value is -1.89. The van der Waals surface area contributed by atoms with Crippen molar-refractivity contribution >= 4 is 33.2 Å². The van der Waals surface area contributed by atoms with Crippen molar-refractivity contribution in [2.24, 2.45) is 0 Å². The average molecular weight is 430 g/mol. The highest BCUT2D eigenvalue weighted by molar-refractivity contribution is 9.11. The van der Waals surface area contributed by atoms with Crippen LogP contribution in [-0.2, 0) is 6.54 Å². The van der Waals surface area contributed by atoms with Gasteiger partial charge >= 0.3 is 0 Å². The Morgan fingerprint density at radius 2 is 1.65 bits per heavy atom. The quantitative estimate of drug-likeness (QED) is 0.619. The SMILES string of the molecule is O=C(c1ccc(-n2cccc2)cc1)N1CCN(Cc2ccc(Br)s2)CC1. The standard InChI is InChI=1S/C20H20BrN3OS/c21-19-8-7-18(26-19)15-22-11-13-24(14-12-22)20(25)16-3-5-17(6-4-16)23-9-1-2-10-23/h1-10H,11-15H2. The summed E-state index contributed by atoms with van der Waals surface area (Å²) < 4.78 is 3.21. The molecule has 1 amide bonds. The molecule has 6 heteroatoms. The van der Waals surface area contributed by atoms with Gasteiger partial charge in [0.25, 0.3) is 5.91 Å². The van der Waals surface area contributed by atoms with E-state index in [1.165, 1.54) is 8.66 Å². The number of benzene rings is 1. The molecule has 0 atom stereocenters. The predicted octanol–water partition coefficient (Wildman–Crippen LogP) is 4.26. The number of carbonyl (C=O) groups excluding carboxylic acids is 1. The van der Waals surface area contributed by atoms with E-state index in [9.17, 15) is 4.79 Å². The number of rotatable bonds is 4. The van der Waals surface area contributed by atoms with E-state index >= 15 is 0 Å². The maximum Gasteiger partial charge on any atom is 0.253 e. The van der Waals surface area contributed by atoms with Gasteiger partial charge in [0.1, 0.15) is 0 Å². The summed E-state index contributed by atoms with van der Waals surface area (Å²) in [6.45, 7) is 4.37. The van der Waals surface area contributed by atoms with Gasteiger partial charge in [0.05, 0.1) is 3.79 Å². The molecule has 26 heavy (non-hydrogen) atoms. The number of halogens is 1. The molecule has 0 radical (unpaired) electrons. The molecule has 0 unspecified atom stereocenters. The third-order valence-corrected chi connectivity index (χ3v) is 6.29. The minimum absolute atomic E-state index is 0.127. The molecule has 1 aromatic carbocycles. The molecular weight excluding hydrogens is 410 g/mol. The first kappa shape index (κ1) is 17.5. The lowest BCUT2D eigenvalue weighted by atomic mass is 10.1. The number of aromatic nitrogens is 1. The van der Waals surface area contributed by atoms with Gasteiger partial charge in [-0.1, -0.05) is 0 Å². The number of carbonyl (C=O) groups is 1. The molecule has 0 aliphatic carbocycles. The van der Waals surface area contributed by atoms with E-state index in [0.717, 1.165) is 44.0 Å². The van der Waals surface area contributed by atoms with Crippen molar-refractivity contribution in [3.63, 3.8) is 0 Å². The maximum absolute atomic E-state index is 12.8. The fourth-order valence-corrected chi connectivity index (χ4v) is 4.76. The van der Waals surface area contributed by atoms with Gasteiger partial charge in [0.15, 0.2) is 0 Å². The predicted molar refractivity (Wildman–Crippen MR) is 109 cm³/mol. The monoisotopic (exact) mass is 429 g/mol. The highest BCUT2D eigenvalue weighted by Gasteiger charge is 2.22. The molecule has 1 aliphatic rings. The van der Waals surface area contributed by atoms with Crippen molar-refractivity contribution < 1.29 is 4.79 Å². The second kappa shape index (κ2) is 7.78. The second-order valence-corrected chi connectivity index (χ2v) is 8.96. The normalized spacial score (nSPS) is 15.3. The Kier molecular flexibility index (Phi) is 5.24. The van der Waals surface area contributed by atoms with Crippen LogP contribution in [0.1, 0.15) is 15.2 Å². The van der Waals surface area contributed by atoms with Gasteiger partial charge in [-0.3, -0.25) is 9.69 Å². The first-order chi connectivity index (χ1) is 12.7. The molecular formula is C20H20BrN3OS. The Balaban J connectivity index is 1.34. The molecule has 0 bridgehead atoms. The molecule has 0 N–H and O–H groups in total. The minimum atomic E-state index is 0.127. The first-order valence-corrected chi connectivity index (χ1v) is 10.3. The molecule has 0 spiro atoms. The van der Waals surface area contributed by atoms with Crippen LogP contribution in [0, 0.1) is 0 Å². The summed E-state index contributed by atoms with van der Waals surface area (Å²) in [6.07, 6.45) is 4.00. The molecule has 1 aliphatic heterocycles. The summed E-state index contributed by atoms with van der Waals surface area (Å²) in [5, 5.41) is 0. The van der Waals surface area contributed by atoms with Crippen molar-refractivity contribution in [2.75, 3.05) is 26.2 Å². The molecule has 1 saturated heterocycles. The zero-order valence-electron chi connectivity index (χ0n) is 14.3. The Morgan fingerprint density at radius 3 is 2.27 bits per heavy atom. The number of piperazine rings is 1. The number of amides is 1. The summed E-state index contributed by atoms with van der Waals surface area (Å²) in [4.78, 5) is 18.5. The van der Waals surface area contributed by atoms with Crippen molar-refractivity contribution in [2.45, 2.75) is 6.54 Å². The lowest BCUT2D eigenvalue weighted by molar-refractivity contribution is 0.0629. The second-order valence-electron chi connectivity index (χ2n) is 6.41. The number of nitrogens with zero attached hydrogens (tertiary/aromatic N) is 3. The number of hydrogen-bond donors (Lipinski definition) is 0. The van der Waals surface area contributed by atoms with E-state index in [2.05, 4.69) is 33.0 Å². The van der Waals surface area contributed by atoms with Gasteiger partial charge in [0, 0.05) is 61.2 Å². The largest absolute Gasteiger partial charge is 0.336 e. The number of hydrogen-bond acceptors (Lipinski definition) is 3. The Labute approximate surface area is 165 Å². The third-order valence-electron chi connectivity index (χ3n) is 4.68. The topological polar surface area (TPSA) is 28.5 Å². The van der Waals surface area contributed by atoms with Crippen molar-refractivity contribution in [1.29, 1.82) is 0 Å². The van der Waals surface area contributed by atoms with Crippen LogP contribution >= 0.6 is 27.3 Å². The molecule has 2 aromatic heterocycles. The van der Waals surface area contributed by atoms with E-state index in [0.29, 0.717) is 0 Å². The van der Waals surface area contributed by atoms with Gasteiger partial charge in [-0.2, -0.15) is 0 Å². The lowest BCUT2D eigenvalue weighted by Crippen LogP contribution is -2.48. The summed E-state index contributed by atoms with van der Waals surface area (Å²) >= 11 is 5.29. The molecule has 0 saturated carbocycles. The van der Waals surface area contributed by atoms with E-state index in [1.807, 2.05) is 58.3 Å². The molecule has 4 nitrogen and oxygen atoms in total. The van der Waals surface area contributed by atoms with E-state index in [4.69, 9.17) is 0 Å². The molecule has 4 rings (SSSR count). The van der Waals surface area contributed by atoms with Crippen LogP contribution < -0.4 is 0 Å². The maximum atomic E-state index is 12.8. The fourth-order valence-electron chi connectivity index (χ4n) is 3.23. The van der Waals surface area contributed by atoms with E-state index < -0.39 is 0 Å². The highest BCUT2D eigenvalue weighted by Crippen LogP contribution is 2.23. The van der Waals surface area contributed by atoms with E-state index in [-0.39, 0.29) is 5.91 Å². The summed E-state index contributed by atoms with van der Waals surface area (Å²) in [6, 6.07) is 16.1. The summed E-state index contributed by atoms with van der Waals surface area (Å²) in [7, 11) is 0. The minimum Gasteiger partial charge on any atom is -0.336 e. The van der Waals surface area contributed by atoms with Crippen molar-refractivity contribution in [3.8, 4) is 5.69 Å². The summed E-state index contributed by atoms with van der Waals surface area (Å²) in [5.41, 5.74) is 1.83. The number of thiophene rings is 1. The van der Waals surface area contributed by atoms with Crippen LogP contribution in [0.3, 0.4) is 0 Å². The van der Waals surface area contributed by atoms with Gasteiger partial charge < -0.3 is 9.47 Å². The Bertz CT molecular complexity index is 865. The van der Waals surface area contributed by atoms with Gasteiger partial charge in [-0.25, -0.2) is 0 Å². The van der Waals surface area contributed by atoms with Crippen molar-refractivity contribution in [1.82, 2.24) is 14.4 Å². The van der Waals surface area contributed by atoms with Gasteiger partial charge in [-0.15, -0.1) is 11.3 Å². The van der Waals surface area contributed by atoms with Gasteiger partial charge in [0.2, 0.25) is 0 Å². The van der Waals surface area contributed by atoms with Crippen LogP contribution in [0.5, 0.6) is 0 Å².